The molecule has 2 heterocycles. The van der Waals surface area contributed by atoms with Gasteiger partial charge in [-0.1, -0.05) is 6.92 Å². The van der Waals surface area contributed by atoms with Gasteiger partial charge in [0, 0.05) is 12.1 Å². The van der Waals surface area contributed by atoms with Gasteiger partial charge in [0.1, 0.15) is 6.04 Å². The van der Waals surface area contributed by atoms with E-state index in [1.165, 1.54) is 30.9 Å². The molecule has 0 aliphatic carbocycles. The summed E-state index contributed by atoms with van der Waals surface area (Å²) in [5, 5.41) is 2.45. The Morgan fingerprint density at radius 1 is 1.58 bits per heavy atom. The van der Waals surface area contributed by atoms with E-state index in [1.54, 1.807) is 0 Å². The van der Waals surface area contributed by atoms with Crippen molar-refractivity contribution in [3.63, 3.8) is 0 Å². The van der Waals surface area contributed by atoms with Gasteiger partial charge in [0.2, 0.25) is 0 Å². The zero-order valence-corrected chi connectivity index (χ0v) is 7.88. The lowest BCUT2D eigenvalue weighted by Crippen LogP contribution is -2.87. The van der Waals surface area contributed by atoms with Crippen LogP contribution in [0.25, 0.3) is 0 Å². The molecule has 0 amide bonds. The molecular weight excluding hydrogens is 148 g/mol. The van der Waals surface area contributed by atoms with Crippen LogP contribution < -0.4 is 5.32 Å². The summed E-state index contributed by atoms with van der Waals surface area (Å²) < 4.78 is 2.45. The number of nitrogens with two attached hydrogens (primary N) is 1. The summed E-state index contributed by atoms with van der Waals surface area (Å²) in [7, 11) is 0. The maximum Gasteiger partial charge on any atom is 0.126 e. The van der Waals surface area contributed by atoms with Crippen molar-refractivity contribution in [2.24, 2.45) is 0 Å². The van der Waals surface area contributed by atoms with Gasteiger partial charge in [0.15, 0.2) is 0 Å². The van der Waals surface area contributed by atoms with E-state index in [1.807, 2.05) is 0 Å². The number of nitrogens with zero attached hydrogens (tertiary/aromatic N) is 1. The van der Waals surface area contributed by atoms with Crippen molar-refractivity contribution in [2.45, 2.75) is 32.9 Å². The first kappa shape index (κ1) is 7.87. The third kappa shape index (κ3) is 1.07. The third-order valence-electron chi connectivity index (χ3n) is 2.86. The summed E-state index contributed by atoms with van der Waals surface area (Å²) in [4.78, 5) is 0. The average molecular weight is 165 g/mol. The Bertz CT molecular complexity index is 275. The lowest BCUT2D eigenvalue weighted by molar-refractivity contribution is -0.703. The minimum Gasteiger partial charge on any atom is -0.338 e. The van der Waals surface area contributed by atoms with Gasteiger partial charge in [-0.25, -0.2) is 0 Å². The van der Waals surface area contributed by atoms with E-state index in [0.717, 1.165) is 0 Å². The minimum atomic E-state index is 0.701. The lowest BCUT2D eigenvalue weighted by atomic mass is 10.1. The second-order valence-electron chi connectivity index (χ2n) is 3.59. The topological polar surface area (TPSA) is 21.5 Å². The van der Waals surface area contributed by atoms with E-state index in [4.69, 9.17) is 0 Å². The van der Waals surface area contributed by atoms with Crippen molar-refractivity contribution in [2.75, 3.05) is 6.54 Å². The first-order valence-corrected chi connectivity index (χ1v) is 4.82. The van der Waals surface area contributed by atoms with Crippen LogP contribution in [0.5, 0.6) is 0 Å². The number of quaternary nitrogens is 1. The van der Waals surface area contributed by atoms with Crippen molar-refractivity contribution in [1.29, 1.82) is 0 Å². The molecule has 1 aromatic heterocycles. The molecular formula is C10H17N2+. The molecule has 0 saturated heterocycles. The SMILES string of the molecule is CC[C@@H]1[NH2+]CCn2c(C)ccc21. The lowest BCUT2D eigenvalue weighted by Gasteiger charge is -2.23. The first-order valence-electron chi connectivity index (χ1n) is 4.82. The molecule has 0 aromatic carbocycles. The van der Waals surface area contributed by atoms with Crippen LogP contribution in [0.1, 0.15) is 30.8 Å². The van der Waals surface area contributed by atoms with E-state index in [0.29, 0.717) is 6.04 Å². The fourth-order valence-electron chi connectivity index (χ4n) is 2.12. The molecule has 12 heavy (non-hydrogen) atoms. The van der Waals surface area contributed by atoms with E-state index >= 15 is 0 Å². The normalized spacial score (nSPS) is 22.3. The summed E-state index contributed by atoms with van der Waals surface area (Å²) in [6.07, 6.45) is 1.24. The highest BCUT2D eigenvalue weighted by Crippen LogP contribution is 2.18. The molecule has 2 nitrogen and oxygen atoms in total. The molecule has 0 bridgehead atoms. The predicted molar refractivity (Wildman–Crippen MR) is 49.0 cm³/mol. The Hall–Kier alpha value is -0.760. The van der Waals surface area contributed by atoms with Gasteiger partial charge >= 0.3 is 0 Å². The molecule has 0 unspecified atom stereocenters. The van der Waals surface area contributed by atoms with Crippen LogP contribution in [-0.4, -0.2) is 11.1 Å². The molecule has 1 aliphatic rings. The number of hydrogen-bond acceptors (Lipinski definition) is 0. The van der Waals surface area contributed by atoms with Crippen molar-refractivity contribution >= 4 is 0 Å². The number of fused-ring (bicyclic) bond motifs is 1. The average Bonchev–Trinajstić information content (AvgIpc) is 2.48. The first-order chi connectivity index (χ1) is 5.83. The van der Waals surface area contributed by atoms with Crippen LogP contribution >= 0.6 is 0 Å². The Kier molecular flexibility index (Phi) is 1.93. The van der Waals surface area contributed by atoms with E-state index in [9.17, 15) is 0 Å². The zero-order chi connectivity index (χ0) is 8.55. The highest BCUT2D eigenvalue weighted by atomic mass is 15.1. The fourth-order valence-corrected chi connectivity index (χ4v) is 2.12. The van der Waals surface area contributed by atoms with Crippen molar-refractivity contribution in [3.05, 3.63) is 23.5 Å². The number of aryl methyl sites for hydroxylation is 1. The van der Waals surface area contributed by atoms with Crippen molar-refractivity contribution in [1.82, 2.24) is 4.57 Å². The maximum atomic E-state index is 2.45. The van der Waals surface area contributed by atoms with Gasteiger partial charge in [-0.15, -0.1) is 0 Å². The summed E-state index contributed by atoms with van der Waals surface area (Å²) in [5.74, 6) is 0. The highest BCUT2D eigenvalue weighted by molar-refractivity contribution is 5.17. The minimum absolute atomic E-state index is 0.701. The van der Waals surface area contributed by atoms with Crippen LogP contribution in [0.15, 0.2) is 12.1 Å². The van der Waals surface area contributed by atoms with Gasteiger partial charge < -0.3 is 9.88 Å². The van der Waals surface area contributed by atoms with E-state index < -0.39 is 0 Å². The Labute approximate surface area is 73.6 Å². The summed E-state index contributed by atoms with van der Waals surface area (Å²) >= 11 is 0. The molecule has 0 radical (unpaired) electrons. The molecule has 2 heteroatoms. The molecule has 2 N–H and O–H groups in total. The Balaban J connectivity index is 2.38. The molecule has 0 saturated carbocycles. The Morgan fingerprint density at radius 3 is 3.17 bits per heavy atom. The van der Waals surface area contributed by atoms with Crippen molar-refractivity contribution in [3.8, 4) is 0 Å². The highest BCUT2D eigenvalue weighted by Gasteiger charge is 2.21. The van der Waals surface area contributed by atoms with Crippen LogP contribution in [0.4, 0.5) is 0 Å². The summed E-state index contributed by atoms with van der Waals surface area (Å²) in [6.45, 7) is 6.88. The van der Waals surface area contributed by atoms with Gasteiger partial charge in [-0.2, -0.15) is 0 Å². The molecule has 1 atom stereocenters. The van der Waals surface area contributed by atoms with Gasteiger partial charge in [0.05, 0.1) is 18.8 Å². The number of aromatic nitrogens is 1. The molecule has 1 aliphatic heterocycles. The summed E-state index contributed by atoms with van der Waals surface area (Å²) in [6, 6.07) is 5.21. The summed E-state index contributed by atoms with van der Waals surface area (Å²) in [5.41, 5.74) is 2.93. The molecule has 66 valence electrons. The van der Waals surface area contributed by atoms with Crippen molar-refractivity contribution < 1.29 is 5.32 Å². The third-order valence-corrected chi connectivity index (χ3v) is 2.86. The monoisotopic (exact) mass is 165 g/mol. The van der Waals surface area contributed by atoms with E-state index in [-0.39, 0.29) is 0 Å². The largest absolute Gasteiger partial charge is 0.338 e. The smallest absolute Gasteiger partial charge is 0.126 e. The molecule has 0 spiro atoms. The number of hydrogen-bond donors (Lipinski definition) is 1. The molecule has 1 aromatic rings. The van der Waals surface area contributed by atoms with E-state index in [2.05, 4.69) is 35.9 Å². The fraction of sp³-hybridized carbons (Fsp3) is 0.600. The van der Waals surface area contributed by atoms with Gasteiger partial charge in [-0.05, 0) is 19.1 Å². The standard InChI is InChI=1S/C10H16N2/c1-3-9-10-5-4-8(2)12(10)7-6-11-9/h4-5,9,11H,3,6-7H2,1-2H3/p+1/t9-/m0/s1. The molecule has 0 fully saturated rings. The van der Waals surface area contributed by atoms with Crippen LogP contribution in [0, 0.1) is 6.92 Å². The van der Waals surface area contributed by atoms with Crippen LogP contribution in [0.3, 0.4) is 0 Å². The quantitative estimate of drug-likeness (QED) is 0.636. The predicted octanol–water partition coefficient (Wildman–Crippen LogP) is 0.825. The second-order valence-corrected chi connectivity index (χ2v) is 3.59. The number of rotatable bonds is 1. The van der Waals surface area contributed by atoms with Gasteiger partial charge in [0.25, 0.3) is 0 Å². The van der Waals surface area contributed by atoms with Gasteiger partial charge in [-0.3, -0.25) is 0 Å². The van der Waals surface area contributed by atoms with Crippen LogP contribution in [-0.2, 0) is 6.54 Å². The second kappa shape index (κ2) is 2.94. The maximum absolute atomic E-state index is 2.45. The Morgan fingerprint density at radius 2 is 2.42 bits per heavy atom. The zero-order valence-electron chi connectivity index (χ0n) is 7.88. The van der Waals surface area contributed by atoms with Crippen LogP contribution in [0.2, 0.25) is 0 Å². The molecule has 2 rings (SSSR count).